The standard InChI is InChI=1S/C18H9ClF3N3O2S/c19-12-4-2-1-3-11(12)14-6-13-15(28-14)16(26)25(17(27)24-13)10-5-9(7-23-8-10)18(20,21)22/h1-8H,(H,24,27). The number of rotatable bonds is 2. The van der Waals surface area contributed by atoms with Gasteiger partial charge in [-0.05, 0) is 18.2 Å². The zero-order valence-electron chi connectivity index (χ0n) is 13.7. The molecule has 1 N–H and O–H groups in total. The smallest absolute Gasteiger partial charge is 0.306 e. The van der Waals surface area contributed by atoms with E-state index in [9.17, 15) is 22.8 Å². The number of fused-ring (bicyclic) bond motifs is 1. The molecule has 4 aromatic rings. The van der Waals surface area contributed by atoms with Crippen molar-refractivity contribution in [1.82, 2.24) is 14.5 Å². The van der Waals surface area contributed by atoms with Gasteiger partial charge >= 0.3 is 11.9 Å². The molecular weight excluding hydrogens is 415 g/mol. The number of aromatic nitrogens is 3. The van der Waals surface area contributed by atoms with Crippen LogP contribution in [0.4, 0.5) is 13.2 Å². The number of benzene rings is 1. The fourth-order valence-electron chi connectivity index (χ4n) is 2.74. The second-order valence-corrected chi connectivity index (χ2v) is 7.29. The molecule has 0 amide bonds. The highest BCUT2D eigenvalue weighted by Crippen LogP contribution is 2.35. The van der Waals surface area contributed by atoms with E-state index in [4.69, 9.17) is 11.6 Å². The predicted molar refractivity (Wildman–Crippen MR) is 101 cm³/mol. The summed E-state index contributed by atoms with van der Waals surface area (Å²) in [6, 6.07) is 9.31. The molecule has 0 radical (unpaired) electrons. The van der Waals surface area contributed by atoms with Crippen LogP contribution in [0.2, 0.25) is 5.02 Å². The van der Waals surface area contributed by atoms with E-state index in [1.54, 1.807) is 30.3 Å². The van der Waals surface area contributed by atoms with E-state index in [1.165, 1.54) is 0 Å². The van der Waals surface area contributed by atoms with E-state index in [0.717, 1.165) is 17.5 Å². The van der Waals surface area contributed by atoms with Gasteiger partial charge < -0.3 is 4.98 Å². The number of aromatic amines is 1. The summed E-state index contributed by atoms with van der Waals surface area (Å²) < 4.78 is 39.7. The number of H-pyrrole nitrogens is 1. The fraction of sp³-hybridized carbons (Fsp3) is 0.0556. The van der Waals surface area contributed by atoms with Gasteiger partial charge in [-0.3, -0.25) is 9.78 Å². The van der Waals surface area contributed by atoms with Crippen LogP contribution in [0.1, 0.15) is 5.56 Å². The molecule has 0 saturated heterocycles. The first kappa shape index (κ1) is 18.5. The second kappa shape index (κ2) is 6.61. The average molecular weight is 424 g/mol. The van der Waals surface area contributed by atoms with Crippen LogP contribution in [0.15, 0.2) is 58.4 Å². The first-order chi connectivity index (χ1) is 13.3. The zero-order valence-corrected chi connectivity index (χ0v) is 15.3. The summed E-state index contributed by atoms with van der Waals surface area (Å²) in [5.74, 6) is 0. The minimum atomic E-state index is -4.65. The van der Waals surface area contributed by atoms with Crippen molar-refractivity contribution >= 4 is 33.2 Å². The molecule has 0 unspecified atom stereocenters. The molecule has 0 aliphatic carbocycles. The van der Waals surface area contributed by atoms with Crippen LogP contribution in [-0.2, 0) is 6.18 Å². The lowest BCUT2D eigenvalue weighted by Crippen LogP contribution is -2.33. The van der Waals surface area contributed by atoms with Gasteiger partial charge in [0.05, 0.1) is 23.0 Å². The maximum Gasteiger partial charge on any atom is 0.417 e. The highest BCUT2D eigenvalue weighted by atomic mass is 35.5. The first-order valence-corrected chi connectivity index (χ1v) is 9.01. The summed E-state index contributed by atoms with van der Waals surface area (Å²) >= 11 is 7.27. The third-order valence-electron chi connectivity index (χ3n) is 4.02. The van der Waals surface area contributed by atoms with Gasteiger partial charge in [-0.2, -0.15) is 13.2 Å². The maximum absolute atomic E-state index is 12.9. The molecule has 0 spiro atoms. The van der Waals surface area contributed by atoms with Gasteiger partial charge in [-0.1, -0.05) is 29.8 Å². The van der Waals surface area contributed by atoms with Crippen LogP contribution in [-0.4, -0.2) is 14.5 Å². The third-order valence-corrected chi connectivity index (χ3v) is 5.51. The Morgan fingerprint density at radius 2 is 1.86 bits per heavy atom. The summed E-state index contributed by atoms with van der Waals surface area (Å²) in [6.45, 7) is 0. The lowest BCUT2D eigenvalue weighted by molar-refractivity contribution is -0.137. The molecule has 0 aliphatic rings. The van der Waals surface area contributed by atoms with Gasteiger partial charge in [0.2, 0.25) is 0 Å². The Hall–Kier alpha value is -2.91. The number of thiophene rings is 1. The zero-order chi connectivity index (χ0) is 20.1. The molecule has 28 heavy (non-hydrogen) atoms. The van der Waals surface area contributed by atoms with Crippen molar-refractivity contribution in [2.24, 2.45) is 0 Å². The monoisotopic (exact) mass is 423 g/mol. The number of hydrogen-bond donors (Lipinski definition) is 1. The average Bonchev–Trinajstić information content (AvgIpc) is 3.05. The quantitative estimate of drug-likeness (QED) is 0.517. The van der Waals surface area contributed by atoms with Crippen LogP contribution in [0.25, 0.3) is 26.3 Å². The Bertz CT molecular complexity index is 1320. The number of pyridine rings is 1. The molecule has 0 aliphatic heterocycles. The van der Waals surface area contributed by atoms with Gasteiger partial charge in [0.25, 0.3) is 5.56 Å². The van der Waals surface area contributed by atoms with Crippen LogP contribution in [0, 0.1) is 0 Å². The second-order valence-electron chi connectivity index (χ2n) is 5.83. The molecule has 5 nitrogen and oxygen atoms in total. The molecule has 142 valence electrons. The predicted octanol–water partition coefficient (Wildman–Crippen LogP) is 4.47. The van der Waals surface area contributed by atoms with Crippen molar-refractivity contribution in [2.45, 2.75) is 6.18 Å². The molecule has 0 saturated carbocycles. The molecule has 0 bridgehead atoms. The largest absolute Gasteiger partial charge is 0.417 e. The first-order valence-electron chi connectivity index (χ1n) is 7.82. The van der Waals surface area contributed by atoms with Crippen molar-refractivity contribution in [3.63, 3.8) is 0 Å². The molecule has 3 aromatic heterocycles. The van der Waals surface area contributed by atoms with Crippen LogP contribution in [0.5, 0.6) is 0 Å². The number of halogens is 4. The molecular formula is C18H9ClF3N3O2S. The third kappa shape index (κ3) is 3.12. The van der Waals surface area contributed by atoms with E-state index in [0.29, 0.717) is 32.3 Å². The molecule has 3 heterocycles. The van der Waals surface area contributed by atoms with E-state index < -0.39 is 23.0 Å². The minimum absolute atomic E-state index is 0.187. The number of hydrogen-bond acceptors (Lipinski definition) is 4. The summed E-state index contributed by atoms with van der Waals surface area (Å²) in [4.78, 5) is 31.9. The molecule has 1 aromatic carbocycles. The van der Waals surface area contributed by atoms with Crippen LogP contribution in [0.3, 0.4) is 0 Å². The topological polar surface area (TPSA) is 67.8 Å². The van der Waals surface area contributed by atoms with E-state index >= 15 is 0 Å². The molecule has 10 heteroatoms. The molecule has 0 fully saturated rings. The van der Waals surface area contributed by atoms with Crippen molar-refractivity contribution in [3.8, 4) is 16.1 Å². The fourth-order valence-corrected chi connectivity index (χ4v) is 4.12. The Kier molecular flexibility index (Phi) is 4.35. The SMILES string of the molecule is O=c1[nH]c2cc(-c3ccccc3Cl)sc2c(=O)n1-c1cncc(C(F)(F)F)c1. The van der Waals surface area contributed by atoms with Crippen molar-refractivity contribution in [2.75, 3.05) is 0 Å². The lowest BCUT2D eigenvalue weighted by Gasteiger charge is -2.09. The number of nitrogens with one attached hydrogen (secondary N) is 1. The van der Waals surface area contributed by atoms with Crippen molar-refractivity contribution < 1.29 is 13.2 Å². The van der Waals surface area contributed by atoms with Gasteiger partial charge in [0, 0.05) is 21.7 Å². The highest BCUT2D eigenvalue weighted by Gasteiger charge is 2.31. The van der Waals surface area contributed by atoms with E-state index in [-0.39, 0.29) is 15.9 Å². The van der Waals surface area contributed by atoms with Crippen molar-refractivity contribution in [1.29, 1.82) is 0 Å². The normalized spacial score (nSPS) is 11.9. The summed E-state index contributed by atoms with van der Waals surface area (Å²) in [5.41, 5.74) is -1.95. The summed E-state index contributed by atoms with van der Waals surface area (Å²) in [7, 11) is 0. The van der Waals surface area contributed by atoms with Gasteiger partial charge in [0.15, 0.2) is 0 Å². The Morgan fingerprint density at radius 3 is 2.57 bits per heavy atom. The van der Waals surface area contributed by atoms with Crippen LogP contribution >= 0.6 is 22.9 Å². The molecule has 0 atom stereocenters. The Balaban J connectivity index is 1.94. The Morgan fingerprint density at radius 1 is 1.11 bits per heavy atom. The highest BCUT2D eigenvalue weighted by molar-refractivity contribution is 7.22. The summed E-state index contributed by atoms with van der Waals surface area (Å²) in [5, 5.41) is 0.471. The lowest BCUT2D eigenvalue weighted by atomic mass is 10.2. The summed E-state index contributed by atoms with van der Waals surface area (Å²) in [6.07, 6.45) is -2.99. The van der Waals surface area contributed by atoms with Gasteiger partial charge in [-0.25, -0.2) is 9.36 Å². The van der Waals surface area contributed by atoms with Gasteiger partial charge in [-0.15, -0.1) is 11.3 Å². The molecule has 4 rings (SSSR count). The number of alkyl halides is 3. The van der Waals surface area contributed by atoms with E-state index in [2.05, 4.69) is 9.97 Å². The Labute approximate surface area is 163 Å². The van der Waals surface area contributed by atoms with Crippen LogP contribution < -0.4 is 11.2 Å². The van der Waals surface area contributed by atoms with Crippen molar-refractivity contribution in [3.05, 3.63) is 80.2 Å². The minimum Gasteiger partial charge on any atom is -0.306 e. The number of nitrogens with zero attached hydrogens (tertiary/aromatic N) is 2. The van der Waals surface area contributed by atoms with Gasteiger partial charge in [0.1, 0.15) is 4.70 Å². The maximum atomic E-state index is 12.9. The van der Waals surface area contributed by atoms with E-state index in [1.807, 2.05) is 0 Å².